The molecule has 4 rings (SSSR count). The molecule has 4 nitrogen and oxygen atoms in total. The minimum Gasteiger partial charge on any atom is -0.340 e. The van der Waals surface area contributed by atoms with Crippen molar-refractivity contribution in [2.24, 2.45) is 0 Å². The van der Waals surface area contributed by atoms with Crippen LogP contribution in [0, 0.1) is 0 Å². The lowest BCUT2D eigenvalue weighted by Gasteiger charge is -2.31. The van der Waals surface area contributed by atoms with Gasteiger partial charge in [-0.1, -0.05) is 55.8 Å². The Labute approximate surface area is 181 Å². The summed E-state index contributed by atoms with van der Waals surface area (Å²) in [5.41, 5.74) is 3.98. The number of rotatable bonds is 6. The number of benzene rings is 2. The second kappa shape index (κ2) is 9.26. The average Bonchev–Trinajstić information content (AvgIpc) is 3.27. The first-order valence-electron chi connectivity index (χ1n) is 10.5. The summed E-state index contributed by atoms with van der Waals surface area (Å²) in [5, 5.41) is 5.07. The van der Waals surface area contributed by atoms with Gasteiger partial charge in [0.25, 0.3) is 5.91 Å². The van der Waals surface area contributed by atoms with E-state index in [1.807, 2.05) is 66.4 Å². The second-order valence-electron chi connectivity index (χ2n) is 7.64. The quantitative estimate of drug-likeness (QED) is 0.619. The Bertz CT molecular complexity index is 1010. The van der Waals surface area contributed by atoms with E-state index in [1.54, 1.807) is 11.3 Å². The van der Waals surface area contributed by atoms with Crippen LogP contribution in [0.1, 0.15) is 40.6 Å². The number of hydrogen-bond acceptors (Lipinski definition) is 3. The highest BCUT2D eigenvalue weighted by Crippen LogP contribution is 2.25. The van der Waals surface area contributed by atoms with Gasteiger partial charge in [-0.3, -0.25) is 9.59 Å². The molecule has 2 aromatic carbocycles. The molecular formula is C25H26N2O2S. The molecule has 1 aromatic heterocycles. The zero-order valence-corrected chi connectivity index (χ0v) is 18.0. The number of thiophene rings is 1. The number of carbonyl (C=O) groups excluding carboxylic acids is 2. The molecule has 0 saturated heterocycles. The maximum Gasteiger partial charge on any atom is 0.251 e. The van der Waals surface area contributed by atoms with E-state index in [0.29, 0.717) is 25.1 Å². The van der Waals surface area contributed by atoms with Crippen LogP contribution >= 0.6 is 11.3 Å². The van der Waals surface area contributed by atoms with Gasteiger partial charge in [0.15, 0.2) is 0 Å². The molecule has 0 saturated carbocycles. The fourth-order valence-electron chi connectivity index (χ4n) is 3.89. The molecule has 1 atom stereocenters. The monoisotopic (exact) mass is 418 g/mol. The van der Waals surface area contributed by atoms with Crippen LogP contribution in [-0.4, -0.2) is 29.3 Å². The summed E-state index contributed by atoms with van der Waals surface area (Å²) in [6.07, 6.45) is 2.37. The lowest BCUT2D eigenvalue weighted by Crippen LogP contribution is -2.49. The number of nitrogens with zero attached hydrogens (tertiary/aromatic N) is 1. The molecule has 0 radical (unpaired) electrons. The highest BCUT2D eigenvalue weighted by Gasteiger charge is 2.28. The zero-order valence-electron chi connectivity index (χ0n) is 17.1. The van der Waals surface area contributed by atoms with Crippen molar-refractivity contribution in [3.05, 3.63) is 82.0 Å². The van der Waals surface area contributed by atoms with Gasteiger partial charge in [-0.05, 0) is 53.1 Å². The van der Waals surface area contributed by atoms with Crippen molar-refractivity contribution in [2.45, 2.75) is 38.8 Å². The molecule has 3 aromatic rings. The number of nitrogens with one attached hydrogen (secondary N) is 1. The van der Waals surface area contributed by atoms with Gasteiger partial charge in [0.05, 0.1) is 0 Å². The second-order valence-corrected chi connectivity index (χ2v) is 8.64. The highest BCUT2D eigenvalue weighted by molar-refractivity contribution is 7.10. The molecule has 30 heavy (non-hydrogen) atoms. The van der Waals surface area contributed by atoms with Gasteiger partial charge in [0, 0.05) is 23.5 Å². The van der Waals surface area contributed by atoms with E-state index in [2.05, 4.69) is 16.8 Å². The van der Waals surface area contributed by atoms with E-state index in [1.165, 1.54) is 10.4 Å². The van der Waals surface area contributed by atoms with Crippen molar-refractivity contribution in [3.8, 4) is 11.1 Å². The molecule has 1 aliphatic rings. The van der Waals surface area contributed by atoms with Crippen LogP contribution in [0.3, 0.4) is 0 Å². The summed E-state index contributed by atoms with van der Waals surface area (Å²) in [4.78, 5) is 29.2. The molecule has 0 fully saturated rings. The van der Waals surface area contributed by atoms with Gasteiger partial charge in [0.1, 0.15) is 6.04 Å². The highest BCUT2D eigenvalue weighted by atomic mass is 32.1. The fourth-order valence-corrected chi connectivity index (χ4v) is 4.78. The topological polar surface area (TPSA) is 49.4 Å². The first-order valence-corrected chi connectivity index (χ1v) is 11.3. The van der Waals surface area contributed by atoms with Gasteiger partial charge in [-0.25, -0.2) is 0 Å². The van der Waals surface area contributed by atoms with Crippen molar-refractivity contribution >= 4 is 23.2 Å². The molecule has 1 N–H and O–H groups in total. The Morgan fingerprint density at radius 1 is 1.03 bits per heavy atom. The van der Waals surface area contributed by atoms with Crippen LogP contribution in [0.2, 0.25) is 0 Å². The number of amides is 2. The molecule has 0 spiro atoms. The Kier molecular flexibility index (Phi) is 6.29. The molecule has 154 valence electrons. The summed E-state index contributed by atoms with van der Waals surface area (Å²) in [5.74, 6) is -0.183. The third-order valence-electron chi connectivity index (χ3n) is 5.55. The van der Waals surface area contributed by atoms with Gasteiger partial charge in [0.2, 0.25) is 5.91 Å². The van der Waals surface area contributed by atoms with Crippen molar-refractivity contribution < 1.29 is 9.59 Å². The Morgan fingerprint density at radius 3 is 2.50 bits per heavy atom. The van der Waals surface area contributed by atoms with E-state index >= 15 is 0 Å². The van der Waals surface area contributed by atoms with Gasteiger partial charge < -0.3 is 10.2 Å². The van der Waals surface area contributed by atoms with Crippen LogP contribution in [0.25, 0.3) is 11.1 Å². The summed E-state index contributed by atoms with van der Waals surface area (Å²) >= 11 is 1.76. The van der Waals surface area contributed by atoms with E-state index in [-0.39, 0.29) is 11.8 Å². The van der Waals surface area contributed by atoms with Crippen LogP contribution in [0.15, 0.2) is 66.0 Å². The predicted octanol–water partition coefficient (Wildman–Crippen LogP) is 4.90. The van der Waals surface area contributed by atoms with E-state index in [4.69, 9.17) is 0 Å². The van der Waals surface area contributed by atoms with E-state index in [0.717, 1.165) is 24.0 Å². The van der Waals surface area contributed by atoms with Crippen molar-refractivity contribution in [2.75, 3.05) is 6.54 Å². The fraction of sp³-hybridized carbons (Fsp3) is 0.280. The Hall–Kier alpha value is -2.92. The summed E-state index contributed by atoms with van der Waals surface area (Å²) in [6, 6.07) is 19.2. The minimum atomic E-state index is -0.489. The summed E-state index contributed by atoms with van der Waals surface area (Å²) in [6.45, 7) is 3.39. The van der Waals surface area contributed by atoms with Crippen molar-refractivity contribution in [1.82, 2.24) is 10.2 Å². The third-order valence-corrected chi connectivity index (χ3v) is 6.58. The smallest absolute Gasteiger partial charge is 0.251 e. The Balaban J connectivity index is 1.43. The molecular weight excluding hydrogens is 392 g/mol. The van der Waals surface area contributed by atoms with E-state index in [9.17, 15) is 9.59 Å². The van der Waals surface area contributed by atoms with Crippen LogP contribution in [0.5, 0.6) is 0 Å². The molecule has 0 bridgehead atoms. The molecule has 0 aliphatic carbocycles. The van der Waals surface area contributed by atoms with Crippen LogP contribution in [-0.2, 0) is 17.8 Å². The molecule has 0 unspecified atom stereocenters. The van der Waals surface area contributed by atoms with Gasteiger partial charge in [-0.2, -0.15) is 0 Å². The van der Waals surface area contributed by atoms with Gasteiger partial charge >= 0.3 is 0 Å². The first kappa shape index (κ1) is 20.4. The van der Waals surface area contributed by atoms with E-state index < -0.39 is 6.04 Å². The molecule has 5 heteroatoms. The van der Waals surface area contributed by atoms with Crippen LogP contribution < -0.4 is 5.32 Å². The average molecular weight is 419 g/mol. The molecule has 1 aliphatic heterocycles. The van der Waals surface area contributed by atoms with Crippen LogP contribution in [0.4, 0.5) is 0 Å². The SMILES string of the molecule is CCC[C@H](NC(=O)c1ccc(-c2ccccc2)cc1)C(=O)N1CCc2sccc2C1. The maximum atomic E-state index is 13.1. The molecule has 2 amide bonds. The minimum absolute atomic E-state index is 0.0166. The zero-order chi connectivity index (χ0) is 20.9. The van der Waals surface area contributed by atoms with Crippen molar-refractivity contribution in [1.29, 1.82) is 0 Å². The Morgan fingerprint density at radius 2 is 1.77 bits per heavy atom. The van der Waals surface area contributed by atoms with Crippen molar-refractivity contribution in [3.63, 3.8) is 0 Å². The number of fused-ring (bicyclic) bond motifs is 1. The lowest BCUT2D eigenvalue weighted by atomic mass is 10.0. The normalized spacial score (nSPS) is 14.1. The standard InChI is InChI=1S/C25H26N2O2S/c1-2-6-22(25(29)27-15-13-23-21(17-27)14-16-30-23)26-24(28)20-11-9-19(10-12-20)18-7-4-3-5-8-18/h3-5,7-12,14,16,22H,2,6,13,15,17H2,1H3,(H,26,28)/t22-/m0/s1. The summed E-state index contributed by atoms with van der Waals surface area (Å²) in [7, 11) is 0. The van der Waals surface area contributed by atoms with Gasteiger partial charge in [-0.15, -0.1) is 11.3 Å². The lowest BCUT2D eigenvalue weighted by molar-refractivity contribution is -0.134. The largest absolute Gasteiger partial charge is 0.340 e. The predicted molar refractivity (Wildman–Crippen MR) is 121 cm³/mol. The first-order chi connectivity index (χ1) is 14.7. The summed E-state index contributed by atoms with van der Waals surface area (Å²) < 4.78 is 0. The third kappa shape index (κ3) is 4.46. The maximum absolute atomic E-state index is 13.1. The number of carbonyl (C=O) groups is 2. The molecule has 2 heterocycles. The number of hydrogen-bond donors (Lipinski definition) is 1.